The molecule has 0 aliphatic rings. The summed E-state index contributed by atoms with van der Waals surface area (Å²) < 4.78 is 0. The van der Waals surface area contributed by atoms with Crippen molar-refractivity contribution in [2.24, 2.45) is 0 Å². The fourth-order valence-corrected chi connectivity index (χ4v) is 3.72. The number of hydrogen-bond acceptors (Lipinski definition) is 3. The van der Waals surface area contributed by atoms with Gasteiger partial charge in [-0.15, -0.1) is 12.4 Å². The van der Waals surface area contributed by atoms with Crippen molar-refractivity contribution >= 4 is 52.2 Å². The first-order valence-electron chi connectivity index (χ1n) is 10.4. The quantitative estimate of drug-likeness (QED) is 0.283. The fraction of sp³-hybridized carbons (Fsp3) is 0. The topological polar surface area (TPSA) is 55.7 Å². The molecule has 0 spiro atoms. The van der Waals surface area contributed by atoms with Crippen LogP contribution in [0.25, 0.3) is 22.7 Å². The highest BCUT2D eigenvalue weighted by molar-refractivity contribution is 5.90. The van der Waals surface area contributed by atoms with Gasteiger partial charge in [-0.3, -0.25) is 0 Å². The molecule has 4 aromatic carbocycles. The molecule has 5 aromatic rings. The molecule has 0 atom stereocenters. The minimum atomic E-state index is 0. The van der Waals surface area contributed by atoms with E-state index in [-0.39, 0.29) is 12.4 Å². The molecule has 0 aliphatic heterocycles. The Morgan fingerprint density at radius 3 is 1.85 bits per heavy atom. The third kappa shape index (κ3) is 4.64. The predicted molar refractivity (Wildman–Crippen MR) is 138 cm³/mol. The number of H-pyrrole nitrogens is 1. The van der Waals surface area contributed by atoms with E-state index in [0.717, 1.165) is 33.7 Å². The zero-order valence-corrected chi connectivity index (χ0v) is 18.5. The van der Waals surface area contributed by atoms with Crippen LogP contribution in [0.5, 0.6) is 0 Å². The summed E-state index contributed by atoms with van der Waals surface area (Å²) in [5, 5.41) is 9.72. The molecule has 33 heavy (non-hydrogen) atoms. The Labute approximate surface area is 198 Å². The minimum absolute atomic E-state index is 0. The largest absolute Gasteiger partial charge is 0.337 e. The van der Waals surface area contributed by atoms with E-state index in [2.05, 4.69) is 57.3 Å². The molecule has 4 nitrogen and oxygen atoms in total. The molecule has 1 heterocycles. The number of nitrogens with one attached hydrogen (secondary N) is 1. The van der Waals surface area contributed by atoms with Crippen molar-refractivity contribution in [2.45, 2.75) is 0 Å². The van der Waals surface area contributed by atoms with Crippen LogP contribution in [0.3, 0.4) is 0 Å². The van der Waals surface area contributed by atoms with Crippen LogP contribution in [-0.2, 0) is 0 Å². The summed E-state index contributed by atoms with van der Waals surface area (Å²) in [5.41, 5.74) is 6.41. The number of aromatic nitrogens is 2. The van der Waals surface area contributed by atoms with Gasteiger partial charge < -0.3 is 9.88 Å². The highest BCUT2D eigenvalue weighted by Gasteiger charge is 2.12. The van der Waals surface area contributed by atoms with Crippen LogP contribution in [0.4, 0.5) is 17.1 Å². The third-order valence-corrected chi connectivity index (χ3v) is 5.26. The van der Waals surface area contributed by atoms with Gasteiger partial charge in [-0.05, 0) is 60.2 Å². The first kappa shape index (κ1) is 21.9. The van der Waals surface area contributed by atoms with Crippen molar-refractivity contribution in [3.63, 3.8) is 0 Å². The van der Waals surface area contributed by atoms with Crippen molar-refractivity contribution in [3.05, 3.63) is 121 Å². The number of imidazole rings is 1. The van der Waals surface area contributed by atoms with Gasteiger partial charge in [0.2, 0.25) is 0 Å². The average molecular weight is 449 g/mol. The van der Waals surface area contributed by atoms with Crippen LogP contribution in [0.1, 0.15) is 11.4 Å². The number of para-hydroxylation sites is 4. The zero-order valence-electron chi connectivity index (χ0n) is 17.7. The van der Waals surface area contributed by atoms with Crippen LogP contribution in [0, 0.1) is 11.3 Å². The molecule has 0 bridgehead atoms. The van der Waals surface area contributed by atoms with Crippen molar-refractivity contribution in [1.29, 1.82) is 5.26 Å². The number of halogens is 1. The van der Waals surface area contributed by atoms with E-state index in [1.807, 2.05) is 78.9 Å². The molecular weight excluding hydrogens is 428 g/mol. The molecule has 5 rings (SSSR count). The van der Waals surface area contributed by atoms with E-state index in [1.165, 1.54) is 0 Å². The fourth-order valence-electron chi connectivity index (χ4n) is 3.72. The Morgan fingerprint density at radius 2 is 1.27 bits per heavy atom. The smallest absolute Gasteiger partial charge is 0.149 e. The number of nitriles is 1. The van der Waals surface area contributed by atoms with Gasteiger partial charge in [0.25, 0.3) is 0 Å². The van der Waals surface area contributed by atoms with E-state index in [0.29, 0.717) is 11.4 Å². The molecule has 0 radical (unpaired) electrons. The molecule has 1 aromatic heterocycles. The lowest BCUT2D eigenvalue weighted by Gasteiger charge is -2.25. The summed E-state index contributed by atoms with van der Waals surface area (Å²) in [6.45, 7) is 0. The number of rotatable bonds is 5. The summed E-state index contributed by atoms with van der Waals surface area (Å²) in [5.74, 6) is 0.577. The second kappa shape index (κ2) is 9.86. The Balaban J connectivity index is 0.00000259. The van der Waals surface area contributed by atoms with Gasteiger partial charge in [0.15, 0.2) is 0 Å². The van der Waals surface area contributed by atoms with Gasteiger partial charge in [-0.25, -0.2) is 4.98 Å². The summed E-state index contributed by atoms with van der Waals surface area (Å²) in [4.78, 5) is 9.99. The van der Waals surface area contributed by atoms with Crippen LogP contribution in [-0.4, -0.2) is 9.97 Å². The Bertz CT molecular complexity index is 1340. The Kier molecular flexibility index (Phi) is 6.54. The maximum absolute atomic E-state index is 9.72. The second-order valence-electron chi connectivity index (χ2n) is 7.37. The van der Waals surface area contributed by atoms with Gasteiger partial charge in [0.1, 0.15) is 11.9 Å². The number of aromatic amines is 1. The molecule has 5 heteroatoms. The number of fused-ring (bicyclic) bond motifs is 1. The van der Waals surface area contributed by atoms with E-state index < -0.39 is 0 Å². The summed E-state index contributed by atoms with van der Waals surface area (Å²) in [6.07, 6.45) is 1.86. The Morgan fingerprint density at radius 1 is 0.727 bits per heavy atom. The zero-order chi connectivity index (χ0) is 21.8. The lowest BCUT2D eigenvalue weighted by molar-refractivity contribution is 1.27. The normalized spacial score (nSPS) is 10.9. The predicted octanol–water partition coefficient (Wildman–Crippen LogP) is 7.52. The van der Waals surface area contributed by atoms with Gasteiger partial charge in [-0.2, -0.15) is 5.26 Å². The third-order valence-electron chi connectivity index (χ3n) is 5.26. The molecule has 0 amide bonds. The van der Waals surface area contributed by atoms with Crippen molar-refractivity contribution in [1.82, 2.24) is 9.97 Å². The number of allylic oxidation sites excluding steroid dienone is 1. The van der Waals surface area contributed by atoms with E-state index in [1.54, 1.807) is 0 Å². The molecule has 0 saturated heterocycles. The highest BCUT2D eigenvalue weighted by atomic mass is 35.5. The maximum Gasteiger partial charge on any atom is 0.149 e. The lowest BCUT2D eigenvalue weighted by atomic mass is 10.1. The molecule has 1 N–H and O–H groups in total. The van der Waals surface area contributed by atoms with Crippen molar-refractivity contribution < 1.29 is 0 Å². The molecular formula is C28H21ClN4. The lowest BCUT2D eigenvalue weighted by Crippen LogP contribution is -2.09. The van der Waals surface area contributed by atoms with E-state index in [9.17, 15) is 5.26 Å². The van der Waals surface area contributed by atoms with Crippen LogP contribution < -0.4 is 4.90 Å². The standard InChI is InChI=1S/C28H20N4.ClH/c29-20-22(28-30-26-13-7-8-14-27(26)31-28)19-21-15-17-25(18-16-21)32(23-9-3-1-4-10-23)24-11-5-2-6-12-24;/h1-19H,(H,30,31);1H. The molecule has 0 fully saturated rings. The molecule has 160 valence electrons. The van der Waals surface area contributed by atoms with Gasteiger partial charge in [0, 0.05) is 17.1 Å². The number of nitrogens with zero attached hydrogens (tertiary/aromatic N) is 3. The van der Waals surface area contributed by atoms with Crippen LogP contribution >= 0.6 is 12.4 Å². The first-order valence-corrected chi connectivity index (χ1v) is 10.4. The number of benzene rings is 4. The van der Waals surface area contributed by atoms with Gasteiger partial charge in [-0.1, -0.05) is 60.7 Å². The highest BCUT2D eigenvalue weighted by Crippen LogP contribution is 2.34. The second-order valence-corrected chi connectivity index (χ2v) is 7.37. The maximum atomic E-state index is 9.72. The molecule has 0 aliphatic carbocycles. The Hall–Kier alpha value is -4.33. The van der Waals surface area contributed by atoms with E-state index in [4.69, 9.17) is 0 Å². The van der Waals surface area contributed by atoms with Crippen LogP contribution in [0.15, 0.2) is 109 Å². The molecule has 0 saturated carbocycles. The summed E-state index contributed by atoms with van der Waals surface area (Å²) >= 11 is 0. The SMILES string of the molecule is Cl.N#CC(=Cc1ccc(N(c2ccccc2)c2ccccc2)cc1)c1nc2ccccc2[nH]1. The monoisotopic (exact) mass is 448 g/mol. The van der Waals surface area contributed by atoms with Gasteiger partial charge in [0.05, 0.1) is 16.6 Å². The minimum Gasteiger partial charge on any atom is -0.337 e. The average Bonchev–Trinajstić information content (AvgIpc) is 3.29. The number of hydrogen-bond donors (Lipinski definition) is 1. The van der Waals surface area contributed by atoms with Crippen molar-refractivity contribution in [3.8, 4) is 6.07 Å². The van der Waals surface area contributed by atoms with Crippen LogP contribution in [0.2, 0.25) is 0 Å². The summed E-state index contributed by atoms with van der Waals surface area (Å²) in [7, 11) is 0. The molecule has 0 unspecified atom stereocenters. The van der Waals surface area contributed by atoms with Gasteiger partial charge >= 0.3 is 0 Å². The van der Waals surface area contributed by atoms with E-state index >= 15 is 0 Å². The van der Waals surface area contributed by atoms with Crippen molar-refractivity contribution in [2.75, 3.05) is 4.90 Å². The first-order chi connectivity index (χ1) is 15.8. The summed E-state index contributed by atoms with van der Waals surface area (Å²) in [6, 6.07) is 38.8. The number of anilines is 3.